The van der Waals surface area contributed by atoms with Crippen LogP contribution in [0.15, 0.2) is 0 Å². The summed E-state index contributed by atoms with van der Waals surface area (Å²) < 4.78 is 11.2. The molecule has 14 heavy (non-hydrogen) atoms. The van der Waals surface area contributed by atoms with Crippen LogP contribution in [0.5, 0.6) is 0 Å². The second kappa shape index (κ2) is 4.44. The SMILES string of the molecule is CC(=O)O[C@@H]1CCC[C@@H]1O[Si](C)(C)C. The minimum atomic E-state index is -1.51. The highest BCUT2D eigenvalue weighted by Crippen LogP contribution is 2.27. The molecule has 1 rings (SSSR count). The van der Waals surface area contributed by atoms with E-state index in [9.17, 15) is 4.79 Å². The number of hydrogen-bond acceptors (Lipinski definition) is 3. The minimum absolute atomic E-state index is 0.000718. The number of carbonyl (C=O) groups is 1. The van der Waals surface area contributed by atoms with E-state index in [2.05, 4.69) is 19.6 Å². The van der Waals surface area contributed by atoms with E-state index in [0.717, 1.165) is 19.3 Å². The number of carbonyl (C=O) groups excluding carboxylic acids is 1. The lowest BCUT2D eigenvalue weighted by atomic mass is 10.3. The van der Waals surface area contributed by atoms with Gasteiger partial charge in [0.05, 0.1) is 6.10 Å². The molecular weight excluding hydrogens is 196 g/mol. The van der Waals surface area contributed by atoms with Gasteiger partial charge in [-0.15, -0.1) is 0 Å². The Balaban J connectivity index is 2.47. The predicted molar refractivity (Wildman–Crippen MR) is 57.6 cm³/mol. The summed E-state index contributed by atoms with van der Waals surface area (Å²) in [5.41, 5.74) is 0. The fourth-order valence-corrected chi connectivity index (χ4v) is 3.01. The van der Waals surface area contributed by atoms with Crippen LogP contribution < -0.4 is 0 Å². The molecule has 0 aromatic carbocycles. The Bertz CT molecular complexity index is 210. The maximum Gasteiger partial charge on any atom is 0.302 e. The minimum Gasteiger partial charge on any atom is -0.460 e. The van der Waals surface area contributed by atoms with Crippen LogP contribution in [0.25, 0.3) is 0 Å². The van der Waals surface area contributed by atoms with Gasteiger partial charge < -0.3 is 9.16 Å². The van der Waals surface area contributed by atoms with Crippen LogP contribution in [0.2, 0.25) is 19.6 Å². The van der Waals surface area contributed by atoms with Crippen LogP contribution in [0, 0.1) is 0 Å². The lowest BCUT2D eigenvalue weighted by Gasteiger charge is -2.27. The first kappa shape index (κ1) is 11.7. The second-order valence-corrected chi connectivity index (χ2v) is 9.31. The molecule has 0 aromatic heterocycles. The molecule has 1 aliphatic carbocycles. The van der Waals surface area contributed by atoms with E-state index in [4.69, 9.17) is 9.16 Å². The van der Waals surface area contributed by atoms with Gasteiger partial charge in [-0.2, -0.15) is 0 Å². The zero-order valence-corrected chi connectivity index (χ0v) is 10.5. The van der Waals surface area contributed by atoms with Gasteiger partial charge in [0.1, 0.15) is 6.10 Å². The first-order valence-corrected chi connectivity index (χ1v) is 8.64. The molecule has 1 aliphatic rings. The zero-order valence-electron chi connectivity index (χ0n) is 9.50. The highest BCUT2D eigenvalue weighted by Gasteiger charge is 2.33. The Hall–Kier alpha value is -0.353. The topological polar surface area (TPSA) is 35.5 Å². The molecular formula is C10H20O3Si. The maximum absolute atomic E-state index is 10.8. The molecule has 1 saturated carbocycles. The summed E-state index contributed by atoms with van der Waals surface area (Å²) in [4.78, 5) is 10.8. The fourth-order valence-electron chi connectivity index (χ4n) is 1.83. The zero-order chi connectivity index (χ0) is 10.8. The Morgan fingerprint density at radius 3 is 2.29 bits per heavy atom. The highest BCUT2D eigenvalue weighted by atomic mass is 28.4. The van der Waals surface area contributed by atoms with Crippen molar-refractivity contribution in [2.24, 2.45) is 0 Å². The van der Waals surface area contributed by atoms with Crippen molar-refractivity contribution in [1.82, 2.24) is 0 Å². The maximum atomic E-state index is 10.8. The molecule has 0 aromatic rings. The van der Waals surface area contributed by atoms with E-state index < -0.39 is 8.32 Å². The normalized spacial score (nSPS) is 27.7. The Morgan fingerprint density at radius 2 is 1.79 bits per heavy atom. The van der Waals surface area contributed by atoms with Crippen LogP contribution in [0.4, 0.5) is 0 Å². The third-order valence-electron chi connectivity index (χ3n) is 2.21. The van der Waals surface area contributed by atoms with Crippen molar-refractivity contribution in [3.05, 3.63) is 0 Å². The van der Waals surface area contributed by atoms with E-state index >= 15 is 0 Å². The summed E-state index contributed by atoms with van der Waals surface area (Å²) >= 11 is 0. The average Bonchev–Trinajstić information content (AvgIpc) is 2.32. The van der Waals surface area contributed by atoms with Gasteiger partial charge >= 0.3 is 5.97 Å². The lowest BCUT2D eigenvalue weighted by Crippen LogP contribution is -2.37. The van der Waals surface area contributed by atoms with Crippen molar-refractivity contribution < 1.29 is 14.0 Å². The molecule has 3 nitrogen and oxygen atoms in total. The van der Waals surface area contributed by atoms with Gasteiger partial charge in [0.2, 0.25) is 0 Å². The monoisotopic (exact) mass is 216 g/mol. The smallest absolute Gasteiger partial charge is 0.302 e. The molecule has 1 fully saturated rings. The summed E-state index contributed by atoms with van der Waals surface area (Å²) in [5.74, 6) is -0.193. The number of rotatable bonds is 3. The first-order chi connectivity index (χ1) is 6.38. The Morgan fingerprint density at radius 1 is 1.21 bits per heavy atom. The lowest BCUT2D eigenvalue weighted by molar-refractivity contribution is -0.149. The van der Waals surface area contributed by atoms with E-state index in [1.165, 1.54) is 6.92 Å². The number of hydrogen-bond donors (Lipinski definition) is 0. The summed E-state index contributed by atoms with van der Waals surface area (Å²) in [5, 5.41) is 0. The van der Waals surface area contributed by atoms with Crippen molar-refractivity contribution in [3.8, 4) is 0 Å². The van der Waals surface area contributed by atoms with E-state index in [1.807, 2.05) is 0 Å². The van der Waals surface area contributed by atoms with Crippen molar-refractivity contribution in [2.75, 3.05) is 0 Å². The Kier molecular flexibility index (Phi) is 3.72. The Labute approximate surface area is 86.9 Å². The van der Waals surface area contributed by atoms with Gasteiger partial charge in [-0.05, 0) is 38.9 Å². The van der Waals surface area contributed by atoms with Crippen molar-refractivity contribution in [3.63, 3.8) is 0 Å². The van der Waals surface area contributed by atoms with Gasteiger partial charge in [0.15, 0.2) is 8.32 Å². The number of esters is 1. The van der Waals surface area contributed by atoms with Gasteiger partial charge in [0.25, 0.3) is 0 Å². The van der Waals surface area contributed by atoms with Gasteiger partial charge in [-0.3, -0.25) is 4.79 Å². The quantitative estimate of drug-likeness (QED) is 0.536. The van der Waals surface area contributed by atoms with Crippen molar-refractivity contribution in [1.29, 1.82) is 0 Å². The van der Waals surface area contributed by atoms with E-state index in [0.29, 0.717) is 0 Å². The largest absolute Gasteiger partial charge is 0.460 e. The molecule has 0 amide bonds. The van der Waals surface area contributed by atoms with Crippen LogP contribution in [-0.2, 0) is 14.0 Å². The van der Waals surface area contributed by atoms with E-state index in [1.54, 1.807) is 0 Å². The van der Waals surface area contributed by atoms with Gasteiger partial charge in [-0.25, -0.2) is 0 Å². The summed E-state index contributed by atoms with van der Waals surface area (Å²) in [7, 11) is -1.51. The molecule has 0 radical (unpaired) electrons. The molecule has 0 spiro atoms. The molecule has 0 unspecified atom stereocenters. The second-order valence-electron chi connectivity index (χ2n) is 4.85. The predicted octanol–water partition coefficient (Wildman–Crippen LogP) is 2.32. The van der Waals surface area contributed by atoms with Crippen LogP contribution in [-0.4, -0.2) is 26.5 Å². The average molecular weight is 216 g/mol. The van der Waals surface area contributed by atoms with Crippen molar-refractivity contribution in [2.45, 2.75) is 58.0 Å². The first-order valence-electron chi connectivity index (χ1n) is 5.23. The molecule has 4 heteroatoms. The molecule has 2 atom stereocenters. The van der Waals surface area contributed by atoms with Gasteiger partial charge in [-0.1, -0.05) is 0 Å². The highest BCUT2D eigenvalue weighted by molar-refractivity contribution is 6.69. The fraction of sp³-hybridized carbons (Fsp3) is 0.900. The molecule has 82 valence electrons. The molecule has 0 N–H and O–H groups in total. The number of ether oxygens (including phenoxy) is 1. The third kappa shape index (κ3) is 3.80. The van der Waals surface area contributed by atoms with Crippen LogP contribution in [0.1, 0.15) is 26.2 Å². The standard InChI is InChI=1S/C10H20O3Si/c1-8(11)12-9-6-5-7-10(9)13-14(2,3)4/h9-10H,5-7H2,1-4H3/t9-,10+/m1/s1. The molecule has 0 aliphatic heterocycles. The van der Waals surface area contributed by atoms with E-state index in [-0.39, 0.29) is 18.2 Å². The van der Waals surface area contributed by atoms with Gasteiger partial charge in [0, 0.05) is 6.92 Å². The summed E-state index contributed by atoms with van der Waals surface area (Å²) in [6, 6.07) is 0. The molecule has 0 bridgehead atoms. The summed E-state index contributed by atoms with van der Waals surface area (Å²) in [6.45, 7) is 7.95. The summed E-state index contributed by atoms with van der Waals surface area (Å²) in [6.07, 6.45) is 3.23. The molecule has 0 heterocycles. The molecule has 0 saturated heterocycles. The third-order valence-corrected chi connectivity index (χ3v) is 3.22. The van der Waals surface area contributed by atoms with Crippen LogP contribution >= 0.6 is 0 Å². The van der Waals surface area contributed by atoms with Crippen LogP contribution in [0.3, 0.4) is 0 Å². The van der Waals surface area contributed by atoms with Crippen molar-refractivity contribution >= 4 is 14.3 Å².